The molecular weight excluding hydrogens is 378 g/mol. The fourth-order valence-electron chi connectivity index (χ4n) is 2.50. The molecule has 0 saturated carbocycles. The first kappa shape index (κ1) is 13.6. The molecule has 0 unspecified atom stereocenters. The summed E-state index contributed by atoms with van der Waals surface area (Å²) in [6.07, 6.45) is 0. The number of benzene rings is 3. The Bertz CT molecular complexity index is 847. The van der Waals surface area contributed by atoms with Gasteiger partial charge < -0.3 is 0 Å². The van der Waals surface area contributed by atoms with Gasteiger partial charge in [-0.2, -0.15) is 5.26 Å². The SMILES string of the molecule is N#Cc1c2ccc(CBr)cc2cc2ccc(CBr)cc12. The highest BCUT2D eigenvalue weighted by atomic mass is 79.9. The third-order valence-corrected chi connectivity index (χ3v) is 4.80. The second kappa shape index (κ2) is 5.55. The zero-order valence-corrected chi connectivity index (χ0v) is 13.8. The van der Waals surface area contributed by atoms with Gasteiger partial charge in [0.2, 0.25) is 0 Å². The molecule has 0 aliphatic carbocycles. The highest BCUT2D eigenvalue weighted by Gasteiger charge is 2.08. The summed E-state index contributed by atoms with van der Waals surface area (Å²) in [4.78, 5) is 0. The maximum Gasteiger partial charge on any atom is 0.100 e. The van der Waals surface area contributed by atoms with Crippen molar-refractivity contribution in [2.45, 2.75) is 10.7 Å². The first-order valence-corrected chi connectivity index (χ1v) is 8.51. The molecule has 3 heteroatoms. The van der Waals surface area contributed by atoms with E-state index >= 15 is 0 Å². The Hall–Kier alpha value is -1.37. The van der Waals surface area contributed by atoms with Crippen LogP contribution in [-0.2, 0) is 10.7 Å². The minimum absolute atomic E-state index is 0.765. The Morgan fingerprint density at radius 1 is 0.800 bits per heavy atom. The molecule has 0 amide bonds. The average molecular weight is 389 g/mol. The molecule has 0 fully saturated rings. The molecule has 0 aliphatic heterocycles. The van der Waals surface area contributed by atoms with Gasteiger partial charge in [-0.15, -0.1) is 0 Å². The van der Waals surface area contributed by atoms with Gasteiger partial charge in [-0.3, -0.25) is 0 Å². The topological polar surface area (TPSA) is 23.8 Å². The van der Waals surface area contributed by atoms with E-state index in [0.717, 1.165) is 37.8 Å². The van der Waals surface area contributed by atoms with Crippen molar-refractivity contribution in [2.24, 2.45) is 0 Å². The van der Waals surface area contributed by atoms with E-state index in [0.29, 0.717) is 0 Å². The largest absolute Gasteiger partial charge is 0.192 e. The molecular formula is C17H11Br2N. The van der Waals surface area contributed by atoms with E-state index < -0.39 is 0 Å². The van der Waals surface area contributed by atoms with E-state index in [4.69, 9.17) is 0 Å². The second-order valence-electron chi connectivity index (χ2n) is 4.74. The molecule has 3 aromatic carbocycles. The van der Waals surface area contributed by atoms with Crippen molar-refractivity contribution in [1.29, 1.82) is 5.26 Å². The molecule has 0 N–H and O–H groups in total. The number of fused-ring (bicyclic) bond motifs is 2. The van der Waals surface area contributed by atoms with Crippen LogP contribution in [0.1, 0.15) is 16.7 Å². The smallest absolute Gasteiger partial charge is 0.100 e. The first-order chi connectivity index (χ1) is 9.76. The molecule has 0 radical (unpaired) electrons. The van der Waals surface area contributed by atoms with Gasteiger partial charge in [0.05, 0.1) is 5.56 Å². The highest BCUT2D eigenvalue weighted by molar-refractivity contribution is 9.08. The molecule has 98 valence electrons. The van der Waals surface area contributed by atoms with Gasteiger partial charge in [0.25, 0.3) is 0 Å². The fraction of sp³-hybridized carbons (Fsp3) is 0.118. The minimum Gasteiger partial charge on any atom is -0.192 e. The molecule has 0 atom stereocenters. The van der Waals surface area contributed by atoms with Crippen LogP contribution < -0.4 is 0 Å². The lowest BCUT2D eigenvalue weighted by Gasteiger charge is -2.08. The van der Waals surface area contributed by atoms with Gasteiger partial charge in [0.1, 0.15) is 6.07 Å². The Morgan fingerprint density at radius 3 is 2.20 bits per heavy atom. The van der Waals surface area contributed by atoms with Gasteiger partial charge in [0.15, 0.2) is 0 Å². The number of hydrogen-bond donors (Lipinski definition) is 0. The summed E-state index contributed by atoms with van der Waals surface area (Å²) in [6, 6.07) is 17.1. The molecule has 3 rings (SSSR count). The molecule has 20 heavy (non-hydrogen) atoms. The molecule has 3 aromatic rings. The maximum atomic E-state index is 9.55. The zero-order chi connectivity index (χ0) is 14.1. The lowest BCUT2D eigenvalue weighted by molar-refractivity contribution is 1.45. The summed E-state index contributed by atoms with van der Waals surface area (Å²) >= 11 is 6.95. The third-order valence-electron chi connectivity index (χ3n) is 3.50. The first-order valence-electron chi connectivity index (χ1n) is 6.27. The van der Waals surface area contributed by atoms with E-state index in [1.807, 2.05) is 6.07 Å². The Balaban J connectivity index is 2.44. The Kier molecular flexibility index (Phi) is 3.78. The molecule has 0 aliphatic rings. The predicted octanol–water partition coefficient (Wildman–Crippen LogP) is 5.65. The number of alkyl halides is 2. The number of rotatable bonds is 2. The van der Waals surface area contributed by atoms with E-state index in [-0.39, 0.29) is 0 Å². The normalized spacial score (nSPS) is 10.8. The van der Waals surface area contributed by atoms with Gasteiger partial charge in [0, 0.05) is 21.4 Å². The minimum atomic E-state index is 0.765. The van der Waals surface area contributed by atoms with Crippen LogP contribution in [0.25, 0.3) is 21.5 Å². The Morgan fingerprint density at radius 2 is 1.50 bits per heavy atom. The molecule has 0 saturated heterocycles. The van der Waals surface area contributed by atoms with Crippen molar-refractivity contribution in [3.8, 4) is 6.07 Å². The highest BCUT2D eigenvalue weighted by Crippen LogP contribution is 2.30. The van der Waals surface area contributed by atoms with E-state index in [1.54, 1.807) is 0 Å². The van der Waals surface area contributed by atoms with E-state index in [1.165, 1.54) is 11.1 Å². The molecule has 0 aromatic heterocycles. The van der Waals surface area contributed by atoms with Gasteiger partial charge in [-0.1, -0.05) is 62.2 Å². The van der Waals surface area contributed by atoms with Crippen molar-refractivity contribution in [3.05, 3.63) is 59.2 Å². The van der Waals surface area contributed by atoms with Crippen LogP contribution in [0.5, 0.6) is 0 Å². The average Bonchev–Trinajstić information content (AvgIpc) is 2.51. The lowest BCUT2D eigenvalue weighted by Crippen LogP contribution is -1.88. The van der Waals surface area contributed by atoms with Crippen LogP contribution in [-0.4, -0.2) is 0 Å². The van der Waals surface area contributed by atoms with Gasteiger partial charge in [-0.25, -0.2) is 0 Å². The summed E-state index contributed by atoms with van der Waals surface area (Å²) in [5.41, 5.74) is 3.17. The fourth-order valence-corrected chi connectivity index (χ4v) is 3.20. The monoisotopic (exact) mass is 387 g/mol. The summed E-state index contributed by atoms with van der Waals surface area (Å²) in [5.74, 6) is 0. The summed E-state index contributed by atoms with van der Waals surface area (Å²) in [5, 5.41) is 15.5. The van der Waals surface area contributed by atoms with Crippen LogP contribution in [0.15, 0.2) is 42.5 Å². The van der Waals surface area contributed by atoms with Crippen LogP contribution in [0.4, 0.5) is 0 Å². The van der Waals surface area contributed by atoms with Crippen molar-refractivity contribution in [1.82, 2.24) is 0 Å². The number of nitrogens with zero attached hydrogens (tertiary/aromatic N) is 1. The van der Waals surface area contributed by atoms with Crippen LogP contribution >= 0.6 is 31.9 Å². The number of halogens is 2. The zero-order valence-electron chi connectivity index (χ0n) is 10.7. The second-order valence-corrected chi connectivity index (χ2v) is 5.86. The van der Waals surface area contributed by atoms with Gasteiger partial charge >= 0.3 is 0 Å². The van der Waals surface area contributed by atoms with Crippen LogP contribution in [0, 0.1) is 11.3 Å². The van der Waals surface area contributed by atoms with E-state index in [9.17, 15) is 5.26 Å². The standard InChI is InChI=1S/C17H11Br2N/c18-8-11-2-4-15-14(5-11)7-13-3-1-12(9-19)6-16(13)17(15)10-20/h1-7H,8-9H2. The molecule has 0 bridgehead atoms. The van der Waals surface area contributed by atoms with Crippen molar-refractivity contribution in [3.63, 3.8) is 0 Å². The maximum absolute atomic E-state index is 9.55. The number of nitriles is 1. The summed E-state index contributed by atoms with van der Waals surface area (Å²) < 4.78 is 0. The van der Waals surface area contributed by atoms with Crippen molar-refractivity contribution in [2.75, 3.05) is 0 Å². The molecule has 1 nitrogen and oxygen atoms in total. The Labute approximate surface area is 134 Å². The summed E-state index contributed by atoms with van der Waals surface area (Å²) in [7, 11) is 0. The van der Waals surface area contributed by atoms with Crippen molar-refractivity contribution >= 4 is 53.4 Å². The predicted molar refractivity (Wildman–Crippen MR) is 91.4 cm³/mol. The lowest BCUT2D eigenvalue weighted by atomic mass is 9.95. The number of hydrogen-bond acceptors (Lipinski definition) is 1. The van der Waals surface area contributed by atoms with Crippen LogP contribution in [0.3, 0.4) is 0 Å². The van der Waals surface area contributed by atoms with Gasteiger partial charge in [-0.05, 0) is 34.0 Å². The van der Waals surface area contributed by atoms with Crippen molar-refractivity contribution < 1.29 is 0 Å². The van der Waals surface area contributed by atoms with E-state index in [2.05, 4.69) is 74.3 Å². The molecule has 0 heterocycles. The quantitative estimate of drug-likeness (QED) is 0.410. The third kappa shape index (κ3) is 2.24. The van der Waals surface area contributed by atoms with Crippen LogP contribution in [0.2, 0.25) is 0 Å². The summed E-state index contributed by atoms with van der Waals surface area (Å²) in [6.45, 7) is 0. The molecule has 0 spiro atoms.